The van der Waals surface area contributed by atoms with E-state index < -0.39 is 17.2 Å². The predicted molar refractivity (Wildman–Crippen MR) is 110 cm³/mol. The van der Waals surface area contributed by atoms with Crippen LogP contribution in [0.3, 0.4) is 0 Å². The molecule has 0 aliphatic heterocycles. The summed E-state index contributed by atoms with van der Waals surface area (Å²) in [6.45, 7) is 9.14. The molecule has 1 heterocycles. The van der Waals surface area contributed by atoms with E-state index in [1.807, 2.05) is 27.7 Å². The minimum absolute atomic E-state index is 0.123. The lowest BCUT2D eigenvalue weighted by molar-refractivity contribution is 0.0696. The maximum atomic E-state index is 12.6. The van der Waals surface area contributed by atoms with Crippen LogP contribution in [0.15, 0.2) is 33.9 Å². The van der Waals surface area contributed by atoms with Crippen LogP contribution >= 0.6 is 0 Å². The second kappa shape index (κ2) is 8.77. The topological polar surface area (TPSA) is 121 Å². The molecule has 28 heavy (non-hydrogen) atoms. The summed E-state index contributed by atoms with van der Waals surface area (Å²) in [5.41, 5.74) is 6.32. The molecule has 0 aliphatic carbocycles. The van der Waals surface area contributed by atoms with Crippen molar-refractivity contribution in [1.29, 1.82) is 0 Å². The minimum Gasteiger partial charge on any atom is -0.478 e. The van der Waals surface area contributed by atoms with Gasteiger partial charge in [-0.2, -0.15) is 0 Å². The third-order valence-corrected chi connectivity index (χ3v) is 4.21. The Kier molecular flexibility index (Phi) is 6.66. The highest BCUT2D eigenvalue weighted by Gasteiger charge is 2.21. The number of aromatic carboxylic acids is 1. The Morgan fingerprint density at radius 2 is 1.89 bits per heavy atom. The standard InChI is InChI=1S/C20H28N4O4/c1-12(2)9-23(11-14-6-5-7-15(8-14)19(26)27)16-17(21)24(10-13(3)4)20(28)22-18(16)25/h5-8,12-13H,9-11,21H2,1-4H3,(H,26,27)(H,22,25,28). The lowest BCUT2D eigenvalue weighted by atomic mass is 10.1. The van der Waals surface area contributed by atoms with Crippen LogP contribution in [0.1, 0.15) is 43.6 Å². The summed E-state index contributed by atoms with van der Waals surface area (Å²) in [6.07, 6.45) is 0. The lowest BCUT2D eigenvalue weighted by Gasteiger charge is -2.28. The molecule has 0 atom stereocenters. The fourth-order valence-electron chi connectivity index (χ4n) is 3.13. The summed E-state index contributed by atoms with van der Waals surface area (Å²) in [6, 6.07) is 6.56. The van der Waals surface area contributed by atoms with Crippen molar-refractivity contribution in [3.63, 3.8) is 0 Å². The zero-order valence-corrected chi connectivity index (χ0v) is 16.7. The number of aromatic nitrogens is 2. The first-order valence-corrected chi connectivity index (χ1v) is 9.29. The molecule has 0 bridgehead atoms. The van der Waals surface area contributed by atoms with Crippen molar-refractivity contribution >= 4 is 17.5 Å². The van der Waals surface area contributed by atoms with Crippen molar-refractivity contribution in [3.8, 4) is 0 Å². The first-order chi connectivity index (χ1) is 13.1. The highest BCUT2D eigenvalue weighted by Crippen LogP contribution is 2.22. The first kappa shape index (κ1) is 21.3. The molecule has 2 aromatic rings. The summed E-state index contributed by atoms with van der Waals surface area (Å²) >= 11 is 0. The average molecular weight is 388 g/mol. The third kappa shape index (κ3) is 5.03. The molecular weight excluding hydrogens is 360 g/mol. The molecule has 0 spiro atoms. The van der Waals surface area contributed by atoms with Crippen LogP contribution in [0.25, 0.3) is 0 Å². The molecule has 152 valence electrons. The largest absolute Gasteiger partial charge is 0.478 e. The van der Waals surface area contributed by atoms with Crippen LogP contribution in [-0.4, -0.2) is 27.2 Å². The van der Waals surface area contributed by atoms with E-state index in [2.05, 4.69) is 4.98 Å². The molecule has 0 fully saturated rings. The van der Waals surface area contributed by atoms with Gasteiger partial charge < -0.3 is 15.7 Å². The Morgan fingerprint density at radius 3 is 2.46 bits per heavy atom. The number of carbonyl (C=O) groups is 1. The van der Waals surface area contributed by atoms with E-state index >= 15 is 0 Å². The number of hydrogen-bond donors (Lipinski definition) is 3. The van der Waals surface area contributed by atoms with Crippen LogP contribution in [0.4, 0.5) is 11.5 Å². The van der Waals surface area contributed by atoms with Gasteiger partial charge in [0.05, 0.1) is 5.56 Å². The van der Waals surface area contributed by atoms with Crippen LogP contribution in [0, 0.1) is 11.8 Å². The summed E-state index contributed by atoms with van der Waals surface area (Å²) in [7, 11) is 0. The molecule has 0 saturated heterocycles. The van der Waals surface area contributed by atoms with Gasteiger partial charge in [-0.3, -0.25) is 14.3 Å². The number of carboxylic acids is 1. The van der Waals surface area contributed by atoms with Gasteiger partial charge >= 0.3 is 11.7 Å². The third-order valence-electron chi connectivity index (χ3n) is 4.21. The van der Waals surface area contributed by atoms with Crippen molar-refractivity contribution in [3.05, 3.63) is 56.2 Å². The van der Waals surface area contributed by atoms with E-state index in [0.717, 1.165) is 5.56 Å². The van der Waals surface area contributed by atoms with Crippen molar-refractivity contribution in [2.45, 2.75) is 40.8 Å². The second-order valence-corrected chi connectivity index (χ2v) is 7.78. The maximum absolute atomic E-state index is 12.6. The van der Waals surface area contributed by atoms with Crippen LogP contribution in [0.5, 0.6) is 0 Å². The zero-order chi connectivity index (χ0) is 21.0. The molecule has 0 radical (unpaired) electrons. The van der Waals surface area contributed by atoms with E-state index in [-0.39, 0.29) is 28.9 Å². The van der Waals surface area contributed by atoms with E-state index in [9.17, 15) is 19.5 Å². The van der Waals surface area contributed by atoms with Crippen molar-refractivity contribution < 1.29 is 9.90 Å². The Hall–Kier alpha value is -3.03. The summed E-state index contributed by atoms with van der Waals surface area (Å²) in [4.78, 5) is 40.2. The number of carboxylic acid groups (broad SMARTS) is 1. The van der Waals surface area contributed by atoms with E-state index in [0.29, 0.717) is 19.6 Å². The highest BCUT2D eigenvalue weighted by atomic mass is 16.4. The maximum Gasteiger partial charge on any atom is 0.335 e. The molecule has 1 aromatic carbocycles. The molecule has 8 nitrogen and oxygen atoms in total. The lowest BCUT2D eigenvalue weighted by Crippen LogP contribution is -2.40. The number of nitrogens with zero attached hydrogens (tertiary/aromatic N) is 2. The van der Waals surface area contributed by atoms with Crippen molar-refractivity contribution in [2.24, 2.45) is 11.8 Å². The highest BCUT2D eigenvalue weighted by molar-refractivity contribution is 5.87. The number of H-pyrrole nitrogens is 1. The first-order valence-electron chi connectivity index (χ1n) is 9.29. The number of nitrogen functional groups attached to an aromatic ring is 1. The molecule has 0 saturated carbocycles. The molecule has 0 amide bonds. The number of nitrogens with two attached hydrogens (primary N) is 1. The van der Waals surface area contributed by atoms with Crippen LogP contribution < -0.4 is 21.9 Å². The normalized spacial score (nSPS) is 11.2. The number of hydrogen-bond acceptors (Lipinski definition) is 5. The number of rotatable bonds is 8. The molecular formula is C20H28N4O4. The SMILES string of the molecule is CC(C)CN(Cc1cccc(C(=O)O)c1)c1c(N)n(CC(C)C)c(=O)[nH]c1=O. The van der Waals surface area contributed by atoms with Gasteiger partial charge in [0.25, 0.3) is 5.56 Å². The summed E-state index contributed by atoms with van der Waals surface area (Å²) in [5.74, 6) is -0.505. The molecule has 4 N–H and O–H groups in total. The average Bonchev–Trinajstić information content (AvgIpc) is 2.58. The molecule has 0 unspecified atom stereocenters. The van der Waals surface area contributed by atoms with E-state index in [4.69, 9.17) is 5.73 Å². The number of aromatic amines is 1. The Morgan fingerprint density at radius 1 is 1.21 bits per heavy atom. The van der Waals surface area contributed by atoms with Gasteiger partial charge in [-0.25, -0.2) is 9.59 Å². The fraction of sp³-hybridized carbons (Fsp3) is 0.450. The monoisotopic (exact) mass is 388 g/mol. The molecule has 1 aromatic heterocycles. The van der Waals surface area contributed by atoms with Gasteiger partial charge in [0.15, 0.2) is 0 Å². The molecule has 8 heteroatoms. The summed E-state index contributed by atoms with van der Waals surface area (Å²) in [5, 5.41) is 9.22. The second-order valence-electron chi connectivity index (χ2n) is 7.78. The van der Waals surface area contributed by atoms with Crippen LogP contribution in [0.2, 0.25) is 0 Å². The smallest absolute Gasteiger partial charge is 0.335 e. The quantitative estimate of drug-likeness (QED) is 0.637. The van der Waals surface area contributed by atoms with Gasteiger partial charge in [-0.05, 0) is 29.5 Å². The van der Waals surface area contributed by atoms with Gasteiger partial charge in [0, 0.05) is 19.6 Å². The predicted octanol–water partition coefficient (Wildman–Crippen LogP) is 2.14. The number of nitrogens with one attached hydrogen (secondary N) is 1. The van der Waals surface area contributed by atoms with Gasteiger partial charge in [0.2, 0.25) is 0 Å². The minimum atomic E-state index is -1.01. The van der Waals surface area contributed by atoms with Gasteiger partial charge in [-0.1, -0.05) is 39.8 Å². The van der Waals surface area contributed by atoms with Crippen molar-refractivity contribution in [2.75, 3.05) is 17.2 Å². The Balaban J connectivity index is 2.54. The van der Waals surface area contributed by atoms with Crippen LogP contribution in [-0.2, 0) is 13.1 Å². The van der Waals surface area contributed by atoms with E-state index in [1.54, 1.807) is 23.1 Å². The van der Waals surface area contributed by atoms with Gasteiger partial charge in [0.1, 0.15) is 11.5 Å². The fourth-order valence-corrected chi connectivity index (χ4v) is 3.13. The Labute approximate surface area is 163 Å². The summed E-state index contributed by atoms with van der Waals surface area (Å²) < 4.78 is 1.38. The van der Waals surface area contributed by atoms with E-state index in [1.165, 1.54) is 10.6 Å². The number of benzene rings is 1. The van der Waals surface area contributed by atoms with Crippen molar-refractivity contribution in [1.82, 2.24) is 9.55 Å². The molecule has 2 rings (SSSR count). The van der Waals surface area contributed by atoms with Gasteiger partial charge in [-0.15, -0.1) is 0 Å². The number of anilines is 2. The molecule has 0 aliphatic rings. The Bertz CT molecular complexity index is 959. The zero-order valence-electron chi connectivity index (χ0n) is 16.7.